The smallest absolute Gasteiger partial charge is 0.173 e. The normalized spacial score (nSPS) is 12.8. The number of benzene rings is 1. The Morgan fingerprint density at radius 1 is 1.31 bits per heavy atom. The van der Waals surface area contributed by atoms with Crippen molar-refractivity contribution in [1.82, 2.24) is 20.2 Å². The molecule has 0 amide bonds. The Balaban J connectivity index is 2.63. The number of hydrogen-bond acceptors (Lipinski definition) is 4. The van der Waals surface area contributed by atoms with Crippen LogP contribution >= 0.6 is 31.9 Å². The van der Waals surface area contributed by atoms with Crippen LogP contribution in [0.2, 0.25) is 0 Å². The Morgan fingerprint density at radius 3 is 2.50 bits per heavy atom. The molecule has 0 fully saturated rings. The van der Waals surface area contributed by atoms with Gasteiger partial charge >= 0.3 is 0 Å². The molecule has 84 valence electrons. The quantitative estimate of drug-likeness (QED) is 0.905. The highest BCUT2D eigenvalue weighted by molar-refractivity contribution is 9.11. The van der Waals surface area contributed by atoms with Gasteiger partial charge in [0.1, 0.15) is 0 Å². The largest absolute Gasteiger partial charge is 0.321 e. The number of rotatable bonds is 2. The van der Waals surface area contributed by atoms with Crippen molar-refractivity contribution in [1.29, 1.82) is 0 Å². The first kappa shape index (κ1) is 11.7. The van der Waals surface area contributed by atoms with Gasteiger partial charge in [-0.15, -0.1) is 5.10 Å². The first-order chi connectivity index (χ1) is 7.61. The van der Waals surface area contributed by atoms with Crippen LogP contribution in [0.5, 0.6) is 0 Å². The zero-order chi connectivity index (χ0) is 11.7. The van der Waals surface area contributed by atoms with E-state index in [2.05, 4.69) is 47.4 Å². The molecule has 0 aliphatic heterocycles. The van der Waals surface area contributed by atoms with Gasteiger partial charge in [0.25, 0.3) is 0 Å². The third kappa shape index (κ3) is 2.02. The van der Waals surface area contributed by atoms with Gasteiger partial charge in [-0.25, -0.2) is 0 Å². The summed E-state index contributed by atoms with van der Waals surface area (Å²) in [5.41, 5.74) is 6.65. The van der Waals surface area contributed by atoms with Crippen molar-refractivity contribution >= 4 is 31.9 Å². The van der Waals surface area contributed by atoms with E-state index in [0.29, 0.717) is 5.82 Å². The van der Waals surface area contributed by atoms with E-state index in [-0.39, 0.29) is 6.04 Å². The molecule has 0 aliphatic carbocycles. The molecule has 7 heteroatoms. The zero-order valence-electron chi connectivity index (χ0n) is 8.43. The fourth-order valence-corrected chi connectivity index (χ4v) is 2.66. The summed E-state index contributed by atoms with van der Waals surface area (Å²) in [5, 5.41) is 11.5. The topological polar surface area (TPSA) is 69.6 Å². The van der Waals surface area contributed by atoms with Crippen molar-refractivity contribution in [3.63, 3.8) is 0 Å². The number of para-hydroxylation sites is 1. The molecule has 0 radical (unpaired) electrons. The summed E-state index contributed by atoms with van der Waals surface area (Å²) < 4.78 is 3.42. The van der Waals surface area contributed by atoms with Crippen LogP contribution in [0.25, 0.3) is 5.69 Å². The molecule has 1 aromatic carbocycles. The Labute approximate surface area is 109 Å². The Kier molecular flexibility index (Phi) is 3.36. The summed E-state index contributed by atoms with van der Waals surface area (Å²) in [5.74, 6) is 0.618. The van der Waals surface area contributed by atoms with Crippen molar-refractivity contribution in [2.45, 2.75) is 13.0 Å². The summed E-state index contributed by atoms with van der Waals surface area (Å²) in [6, 6.07) is 5.54. The number of nitrogens with two attached hydrogens (primary N) is 1. The highest BCUT2D eigenvalue weighted by Crippen LogP contribution is 2.29. The van der Waals surface area contributed by atoms with Gasteiger partial charge in [0.05, 0.1) is 11.7 Å². The molecule has 0 bridgehead atoms. The molecule has 5 nitrogen and oxygen atoms in total. The van der Waals surface area contributed by atoms with Crippen molar-refractivity contribution in [3.05, 3.63) is 33.0 Å². The van der Waals surface area contributed by atoms with E-state index in [4.69, 9.17) is 5.73 Å². The maximum absolute atomic E-state index is 5.80. The van der Waals surface area contributed by atoms with Crippen LogP contribution in [-0.2, 0) is 0 Å². The number of hydrogen-bond donors (Lipinski definition) is 1. The summed E-state index contributed by atoms with van der Waals surface area (Å²) in [6.07, 6.45) is 0. The van der Waals surface area contributed by atoms with E-state index < -0.39 is 0 Å². The molecule has 1 unspecified atom stereocenters. The van der Waals surface area contributed by atoms with Crippen molar-refractivity contribution in [2.75, 3.05) is 0 Å². The Morgan fingerprint density at radius 2 is 1.94 bits per heavy atom. The first-order valence-corrected chi connectivity index (χ1v) is 6.18. The van der Waals surface area contributed by atoms with Gasteiger partial charge in [0.15, 0.2) is 5.82 Å². The highest BCUT2D eigenvalue weighted by atomic mass is 79.9. The van der Waals surface area contributed by atoms with Crippen LogP contribution in [0.1, 0.15) is 18.8 Å². The fourth-order valence-electron chi connectivity index (χ4n) is 1.33. The lowest BCUT2D eigenvalue weighted by Gasteiger charge is -2.10. The molecule has 2 rings (SSSR count). The third-order valence-corrected chi connectivity index (χ3v) is 3.33. The van der Waals surface area contributed by atoms with Gasteiger partial charge in [0.2, 0.25) is 0 Å². The fraction of sp³-hybridized carbons (Fsp3) is 0.222. The second-order valence-corrected chi connectivity index (χ2v) is 5.02. The molecule has 1 heterocycles. The van der Waals surface area contributed by atoms with Gasteiger partial charge in [-0.3, -0.25) is 0 Å². The minimum Gasteiger partial charge on any atom is -0.321 e. The summed E-state index contributed by atoms with van der Waals surface area (Å²) in [6.45, 7) is 1.84. The lowest BCUT2D eigenvalue weighted by molar-refractivity contribution is 0.685. The van der Waals surface area contributed by atoms with E-state index in [1.807, 2.05) is 25.1 Å². The lowest BCUT2D eigenvalue weighted by atomic mass is 10.3. The monoisotopic (exact) mass is 345 g/mol. The summed E-state index contributed by atoms with van der Waals surface area (Å²) >= 11 is 6.93. The molecule has 2 N–H and O–H groups in total. The minimum atomic E-state index is -0.228. The van der Waals surface area contributed by atoms with Crippen molar-refractivity contribution in [2.24, 2.45) is 5.73 Å². The molecule has 0 aliphatic rings. The Bertz CT molecular complexity index is 488. The van der Waals surface area contributed by atoms with Crippen molar-refractivity contribution in [3.8, 4) is 5.69 Å². The van der Waals surface area contributed by atoms with E-state index in [1.165, 1.54) is 0 Å². The molecule has 1 atom stereocenters. The van der Waals surface area contributed by atoms with E-state index in [0.717, 1.165) is 14.6 Å². The maximum Gasteiger partial charge on any atom is 0.173 e. The summed E-state index contributed by atoms with van der Waals surface area (Å²) in [7, 11) is 0. The molecule has 0 saturated heterocycles. The lowest BCUT2D eigenvalue weighted by Crippen LogP contribution is -2.14. The van der Waals surface area contributed by atoms with E-state index in [1.54, 1.807) is 4.68 Å². The number of aromatic nitrogens is 4. The zero-order valence-corrected chi connectivity index (χ0v) is 11.6. The van der Waals surface area contributed by atoms with Gasteiger partial charge in [-0.2, -0.15) is 4.68 Å². The standard InChI is InChI=1S/C9H9Br2N5/c1-5(12)9-13-14-15-16(9)8-6(10)3-2-4-7(8)11/h2-5H,12H2,1H3. The predicted octanol–water partition coefficient (Wildman–Crippen LogP) is 2.21. The Hall–Kier alpha value is -0.790. The van der Waals surface area contributed by atoms with Gasteiger partial charge in [0, 0.05) is 8.95 Å². The van der Waals surface area contributed by atoms with E-state index >= 15 is 0 Å². The minimum absolute atomic E-state index is 0.228. The molecular formula is C9H9Br2N5. The predicted molar refractivity (Wildman–Crippen MR) is 67.2 cm³/mol. The molecule has 0 saturated carbocycles. The molecule has 0 spiro atoms. The molecular weight excluding hydrogens is 338 g/mol. The van der Waals surface area contributed by atoms with Crippen molar-refractivity contribution < 1.29 is 0 Å². The van der Waals surface area contributed by atoms with Crippen LogP contribution in [-0.4, -0.2) is 20.2 Å². The number of halogens is 2. The third-order valence-electron chi connectivity index (χ3n) is 2.05. The second kappa shape index (κ2) is 4.60. The number of nitrogens with zero attached hydrogens (tertiary/aromatic N) is 4. The van der Waals surface area contributed by atoms with Gasteiger partial charge < -0.3 is 5.73 Å². The average molecular weight is 347 g/mol. The molecule has 2 aromatic rings. The number of tetrazole rings is 1. The molecule has 1 aromatic heterocycles. The van der Waals surface area contributed by atoms with Crippen LogP contribution in [0.3, 0.4) is 0 Å². The van der Waals surface area contributed by atoms with Crippen LogP contribution in [0.4, 0.5) is 0 Å². The molecule has 16 heavy (non-hydrogen) atoms. The van der Waals surface area contributed by atoms with Crippen LogP contribution in [0, 0.1) is 0 Å². The van der Waals surface area contributed by atoms with Gasteiger partial charge in [-0.05, 0) is 61.3 Å². The average Bonchev–Trinajstić information content (AvgIpc) is 2.66. The second-order valence-electron chi connectivity index (χ2n) is 3.31. The summed E-state index contributed by atoms with van der Waals surface area (Å²) in [4.78, 5) is 0. The maximum atomic E-state index is 5.80. The van der Waals surface area contributed by atoms with Crippen LogP contribution in [0.15, 0.2) is 27.1 Å². The highest BCUT2D eigenvalue weighted by Gasteiger charge is 2.16. The van der Waals surface area contributed by atoms with Crippen LogP contribution < -0.4 is 5.73 Å². The SMILES string of the molecule is CC(N)c1nnnn1-c1c(Br)cccc1Br. The first-order valence-electron chi connectivity index (χ1n) is 4.59. The van der Waals surface area contributed by atoms with E-state index in [9.17, 15) is 0 Å². The van der Waals surface area contributed by atoms with Gasteiger partial charge in [-0.1, -0.05) is 6.07 Å².